The lowest BCUT2D eigenvalue weighted by atomic mass is 10.2. The lowest BCUT2D eigenvalue weighted by Crippen LogP contribution is -2.10. The average Bonchev–Trinajstić information content (AvgIpc) is 2.85. The Balaban J connectivity index is 1.79. The van der Waals surface area contributed by atoms with E-state index in [1.54, 1.807) is 23.9 Å². The van der Waals surface area contributed by atoms with Crippen LogP contribution in [0.3, 0.4) is 0 Å². The van der Waals surface area contributed by atoms with Crippen LogP contribution in [-0.2, 0) is 13.5 Å². The third kappa shape index (κ3) is 4.28. The van der Waals surface area contributed by atoms with E-state index < -0.39 is 4.92 Å². The van der Waals surface area contributed by atoms with Crippen molar-refractivity contribution in [3.05, 3.63) is 40.2 Å². The molecule has 0 aliphatic rings. The maximum absolute atomic E-state index is 10.6. The number of nitrogens with zero attached hydrogens (tertiary/aromatic N) is 5. The number of tetrazole rings is 1. The Labute approximate surface area is 126 Å². The van der Waals surface area contributed by atoms with Crippen molar-refractivity contribution in [1.29, 1.82) is 0 Å². The quantitative estimate of drug-likeness (QED) is 0.494. The fourth-order valence-electron chi connectivity index (χ4n) is 1.76. The van der Waals surface area contributed by atoms with Crippen molar-refractivity contribution in [1.82, 2.24) is 20.2 Å². The number of nitrogens with one attached hydrogen (secondary N) is 1. The molecule has 2 rings (SSSR count). The van der Waals surface area contributed by atoms with Gasteiger partial charge in [0.25, 0.3) is 5.69 Å². The van der Waals surface area contributed by atoms with Crippen LogP contribution in [0.1, 0.15) is 18.7 Å². The number of thiocarbonyl (C=S) groups is 1. The molecular formula is C12H14N6O2S. The van der Waals surface area contributed by atoms with Crippen molar-refractivity contribution < 1.29 is 4.92 Å². The molecule has 1 heterocycles. The van der Waals surface area contributed by atoms with Crippen molar-refractivity contribution >= 4 is 28.6 Å². The van der Waals surface area contributed by atoms with Crippen LogP contribution >= 0.6 is 12.2 Å². The summed E-state index contributed by atoms with van der Waals surface area (Å²) in [6.45, 7) is 0. The number of rotatable bonds is 6. The minimum absolute atomic E-state index is 0.0567. The van der Waals surface area contributed by atoms with Crippen LogP contribution in [0.25, 0.3) is 0 Å². The molecule has 0 amide bonds. The minimum Gasteiger partial charge on any atom is -0.350 e. The van der Waals surface area contributed by atoms with E-state index in [1.807, 2.05) is 0 Å². The van der Waals surface area contributed by atoms with Gasteiger partial charge >= 0.3 is 0 Å². The van der Waals surface area contributed by atoms with Crippen molar-refractivity contribution in [2.75, 3.05) is 5.32 Å². The molecule has 0 aliphatic carbocycles. The number of aryl methyl sites for hydroxylation is 2. The van der Waals surface area contributed by atoms with Crippen molar-refractivity contribution in [3.63, 3.8) is 0 Å². The maximum Gasteiger partial charge on any atom is 0.269 e. The van der Waals surface area contributed by atoms with Crippen LogP contribution in [-0.4, -0.2) is 30.1 Å². The normalized spacial score (nSPS) is 10.3. The highest BCUT2D eigenvalue weighted by molar-refractivity contribution is 7.80. The van der Waals surface area contributed by atoms with Gasteiger partial charge in [0.15, 0.2) is 5.82 Å². The molecule has 0 atom stereocenters. The van der Waals surface area contributed by atoms with E-state index >= 15 is 0 Å². The van der Waals surface area contributed by atoms with Crippen LogP contribution in [0.15, 0.2) is 24.3 Å². The van der Waals surface area contributed by atoms with E-state index in [0.717, 1.165) is 24.4 Å². The molecule has 110 valence electrons. The first-order valence-electron chi connectivity index (χ1n) is 6.32. The summed E-state index contributed by atoms with van der Waals surface area (Å²) in [5, 5.41) is 24.8. The van der Waals surface area contributed by atoms with Crippen LogP contribution in [0.4, 0.5) is 11.4 Å². The number of hydrogen-bond donors (Lipinski definition) is 1. The van der Waals surface area contributed by atoms with E-state index in [2.05, 4.69) is 20.8 Å². The molecule has 0 spiro atoms. The first-order chi connectivity index (χ1) is 10.1. The summed E-state index contributed by atoms with van der Waals surface area (Å²) >= 11 is 5.24. The summed E-state index contributed by atoms with van der Waals surface area (Å²) in [4.78, 5) is 10.8. The zero-order chi connectivity index (χ0) is 15.2. The van der Waals surface area contributed by atoms with Gasteiger partial charge in [0.2, 0.25) is 0 Å². The average molecular weight is 306 g/mol. The van der Waals surface area contributed by atoms with Gasteiger partial charge in [-0.1, -0.05) is 12.2 Å². The summed E-state index contributed by atoms with van der Waals surface area (Å²) in [6.07, 6.45) is 2.26. The topological polar surface area (TPSA) is 98.8 Å². The second-order valence-electron chi connectivity index (χ2n) is 4.42. The lowest BCUT2D eigenvalue weighted by molar-refractivity contribution is -0.384. The Morgan fingerprint density at radius 3 is 2.71 bits per heavy atom. The number of nitro groups is 1. The summed E-state index contributed by atoms with van der Waals surface area (Å²) in [5.41, 5.74) is 0.798. The molecule has 1 N–H and O–H groups in total. The fourth-order valence-corrected chi connectivity index (χ4v) is 2.02. The van der Waals surface area contributed by atoms with E-state index in [-0.39, 0.29) is 5.69 Å². The standard InChI is InChI=1S/C12H14N6O2S/c1-17-11(14-15-16-17)3-2-4-12(21)13-9-5-7-10(8-6-9)18(19)20/h5-8H,2-4H2,1H3,(H,13,21). The molecule has 21 heavy (non-hydrogen) atoms. The molecule has 0 aliphatic heterocycles. The van der Waals surface area contributed by atoms with Gasteiger partial charge in [-0.2, -0.15) is 0 Å². The van der Waals surface area contributed by atoms with Crippen molar-refractivity contribution in [3.8, 4) is 0 Å². The van der Waals surface area contributed by atoms with E-state index in [1.165, 1.54) is 12.1 Å². The number of benzene rings is 1. The highest BCUT2D eigenvalue weighted by Gasteiger charge is 2.06. The molecule has 0 bridgehead atoms. The van der Waals surface area contributed by atoms with E-state index in [9.17, 15) is 10.1 Å². The third-order valence-electron chi connectivity index (χ3n) is 2.87. The molecule has 9 heteroatoms. The number of non-ortho nitro benzene ring substituents is 1. The largest absolute Gasteiger partial charge is 0.350 e. The zero-order valence-electron chi connectivity index (χ0n) is 11.4. The van der Waals surface area contributed by atoms with Gasteiger partial charge in [-0.3, -0.25) is 10.1 Å². The molecule has 8 nitrogen and oxygen atoms in total. The molecule has 0 saturated carbocycles. The summed E-state index contributed by atoms with van der Waals surface area (Å²) in [6, 6.07) is 6.15. The van der Waals surface area contributed by atoms with E-state index in [0.29, 0.717) is 11.4 Å². The Kier molecular flexibility index (Phi) is 4.88. The Morgan fingerprint density at radius 2 is 2.14 bits per heavy atom. The highest BCUT2D eigenvalue weighted by atomic mass is 32.1. The van der Waals surface area contributed by atoms with Crippen LogP contribution in [0.5, 0.6) is 0 Å². The monoisotopic (exact) mass is 306 g/mol. The SMILES string of the molecule is Cn1nnnc1CCCC(=S)Nc1ccc([N+](=O)[O-])cc1. The van der Waals surface area contributed by atoms with Crippen LogP contribution in [0.2, 0.25) is 0 Å². The lowest BCUT2D eigenvalue weighted by Gasteiger charge is -2.07. The molecule has 1 aromatic carbocycles. The van der Waals surface area contributed by atoms with Gasteiger partial charge < -0.3 is 5.32 Å². The van der Waals surface area contributed by atoms with Gasteiger partial charge in [0.05, 0.1) is 9.91 Å². The van der Waals surface area contributed by atoms with Crippen LogP contribution < -0.4 is 5.32 Å². The predicted octanol–water partition coefficient (Wildman–Crippen LogP) is 1.88. The minimum atomic E-state index is -0.433. The summed E-state index contributed by atoms with van der Waals surface area (Å²) in [5.74, 6) is 0.813. The highest BCUT2D eigenvalue weighted by Crippen LogP contribution is 2.16. The molecule has 1 aromatic heterocycles. The Hall–Kier alpha value is -2.42. The third-order valence-corrected chi connectivity index (χ3v) is 3.18. The van der Waals surface area contributed by atoms with Crippen molar-refractivity contribution in [2.45, 2.75) is 19.3 Å². The van der Waals surface area contributed by atoms with Gasteiger partial charge in [-0.05, 0) is 35.4 Å². The zero-order valence-corrected chi connectivity index (χ0v) is 12.2. The number of nitro benzene ring substituents is 1. The van der Waals surface area contributed by atoms with Crippen LogP contribution in [0, 0.1) is 10.1 Å². The molecule has 0 saturated heterocycles. The molecule has 0 fully saturated rings. The maximum atomic E-state index is 10.6. The first-order valence-corrected chi connectivity index (χ1v) is 6.72. The fraction of sp³-hybridized carbons (Fsp3) is 0.333. The predicted molar refractivity (Wildman–Crippen MR) is 81.1 cm³/mol. The smallest absolute Gasteiger partial charge is 0.269 e. The molecular weight excluding hydrogens is 292 g/mol. The van der Waals surface area contributed by atoms with Gasteiger partial charge in [0.1, 0.15) is 0 Å². The number of hydrogen-bond acceptors (Lipinski definition) is 6. The Bertz CT molecular complexity index is 639. The van der Waals surface area contributed by atoms with Gasteiger partial charge in [-0.15, -0.1) is 5.10 Å². The second-order valence-corrected chi connectivity index (χ2v) is 4.92. The molecule has 2 aromatic rings. The summed E-state index contributed by atoms with van der Waals surface area (Å²) < 4.78 is 1.63. The van der Waals surface area contributed by atoms with Gasteiger partial charge in [0, 0.05) is 31.3 Å². The second kappa shape index (κ2) is 6.84. The summed E-state index contributed by atoms with van der Waals surface area (Å²) in [7, 11) is 1.79. The first kappa shape index (κ1) is 15.0. The van der Waals surface area contributed by atoms with Gasteiger partial charge in [-0.25, -0.2) is 4.68 Å². The van der Waals surface area contributed by atoms with E-state index in [4.69, 9.17) is 12.2 Å². The van der Waals surface area contributed by atoms with Crippen molar-refractivity contribution in [2.24, 2.45) is 7.05 Å². The number of aromatic nitrogens is 4. The molecule has 0 unspecified atom stereocenters. The molecule has 0 radical (unpaired) electrons. The Morgan fingerprint density at radius 1 is 1.43 bits per heavy atom. The number of anilines is 1.